The van der Waals surface area contributed by atoms with Crippen LogP contribution in [0.4, 0.5) is 0 Å². The lowest BCUT2D eigenvalue weighted by molar-refractivity contribution is -0.126. The van der Waals surface area contributed by atoms with Crippen molar-refractivity contribution < 1.29 is 17.9 Å². The van der Waals surface area contributed by atoms with E-state index in [9.17, 15) is 13.2 Å². The van der Waals surface area contributed by atoms with Gasteiger partial charge in [-0.05, 0) is 62.1 Å². The molecule has 31 heavy (non-hydrogen) atoms. The van der Waals surface area contributed by atoms with E-state index in [-0.39, 0.29) is 22.8 Å². The summed E-state index contributed by atoms with van der Waals surface area (Å²) in [5.41, 5.74) is 2.11. The van der Waals surface area contributed by atoms with Crippen molar-refractivity contribution in [2.75, 3.05) is 13.1 Å². The van der Waals surface area contributed by atoms with Gasteiger partial charge in [-0.2, -0.15) is 4.31 Å². The van der Waals surface area contributed by atoms with Crippen molar-refractivity contribution in [3.8, 4) is 0 Å². The third kappa shape index (κ3) is 6.53. The number of nitrogens with zero attached hydrogens (tertiary/aromatic N) is 1. The molecule has 1 fully saturated rings. The number of carbonyl (C=O) groups is 1. The standard InChI is InChI=1S/C23H29ClN2O4S/c1-17(2)30-16-19-5-3-18(4-6-19)15-25-23(27)20-11-13-26(14-12-20)31(28,29)22-9-7-21(24)8-10-22/h3-10,17,20H,11-16H2,1-2H3,(H,25,27). The van der Waals surface area contributed by atoms with Gasteiger partial charge in [0, 0.05) is 30.6 Å². The van der Waals surface area contributed by atoms with Crippen LogP contribution in [-0.4, -0.2) is 37.8 Å². The normalized spacial score (nSPS) is 15.9. The summed E-state index contributed by atoms with van der Waals surface area (Å²) in [6, 6.07) is 14.1. The molecule has 0 aliphatic carbocycles. The Labute approximate surface area is 189 Å². The number of amides is 1. The maximum absolute atomic E-state index is 12.8. The third-order valence-corrected chi connectivity index (χ3v) is 7.51. The lowest BCUT2D eigenvalue weighted by atomic mass is 9.97. The molecule has 0 unspecified atom stereocenters. The summed E-state index contributed by atoms with van der Waals surface area (Å²) in [5.74, 6) is -0.217. The molecular weight excluding hydrogens is 436 g/mol. The van der Waals surface area contributed by atoms with Gasteiger partial charge in [-0.25, -0.2) is 8.42 Å². The Hall–Kier alpha value is -1.93. The Morgan fingerprint density at radius 2 is 1.65 bits per heavy atom. The molecule has 1 amide bonds. The second kappa shape index (κ2) is 10.6. The molecule has 6 nitrogen and oxygen atoms in total. The number of ether oxygens (including phenoxy) is 1. The average molecular weight is 465 g/mol. The van der Waals surface area contributed by atoms with Crippen LogP contribution in [0.15, 0.2) is 53.4 Å². The highest BCUT2D eigenvalue weighted by atomic mass is 35.5. The number of sulfonamides is 1. The first-order valence-corrected chi connectivity index (χ1v) is 12.3. The van der Waals surface area contributed by atoms with E-state index in [1.165, 1.54) is 16.4 Å². The first-order chi connectivity index (χ1) is 14.8. The molecule has 8 heteroatoms. The summed E-state index contributed by atoms with van der Waals surface area (Å²) in [6.45, 7) is 5.68. The number of nitrogens with one attached hydrogen (secondary N) is 1. The van der Waals surface area contributed by atoms with Crippen molar-refractivity contribution in [2.24, 2.45) is 5.92 Å². The van der Waals surface area contributed by atoms with E-state index in [1.54, 1.807) is 12.1 Å². The van der Waals surface area contributed by atoms with Crippen LogP contribution < -0.4 is 5.32 Å². The second-order valence-electron chi connectivity index (χ2n) is 8.03. The second-order valence-corrected chi connectivity index (χ2v) is 10.4. The van der Waals surface area contributed by atoms with Crippen LogP contribution >= 0.6 is 11.6 Å². The largest absolute Gasteiger partial charge is 0.374 e. The summed E-state index contributed by atoms with van der Waals surface area (Å²) in [5, 5.41) is 3.47. The fraction of sp³-hybridized carbons (Fsp3) is 0.435. The molecule has 2 aromatic rings. The van der Waals surface area contributed by atoms with Crippen LogP contribution in [0.2, 0.25) is 5.02 Å². The van der Waals surface area contributed by atoms with Gasteiger partial charge in [-0.1, -0.05) is 35.9 Å². The monoisotopic (exact) mass is 464 g/mol. The fourth-order valence-corrected chi connectivity index (χ4v) is 5.06. The highest BCUT2D eigenvalue weighted by molar-refractivity contribution is 7.89. The molecule has 1 aliphatic rings. The molecule has 0 aromatic heterocycles. The molecule has 0 saturated carbocycles. The van der Waals surface area contributed by atoms with Crippen LogP contribution in [0, 0.1) is 5.92 Å². The van der Waals surface area contributed by atoms with Gasteiger partial charge in [0.2, 0.25) is 15.9 Å². The molecular formula is C23H29ClN2O4S. The molecule has 1 aliphatic heterocycles. The van der Waals surface area contributed by atoms with E-state index < -0.39 is 10.0 Å². The first-order valence-electron chi connectivity index (χ1n) is 10.5. The van der Waals surface area contributed by atoms with Crippen LogP contribution in [0.1, 0.15) is 37.8 Å². The van der Waals surface area contributed by atoms with Gasteiger partial charge in [-0.3, -0.25) is 4.79 Å². The zero-order valence-corrected chi connectivity index (χ0v) is 19.5. The maximum Gasteiger partial charge on any atom is 0.243 e. The predicted molar refractivity (Wildman–Crippen MR) is 121 cm³/mol. The minimum atomic E-state index is -3.56. The van der Waals surface area contributed by atoms with E-state index in [2.05, 4.69) is 5.32 Å². The number of piperidine rings is 1. The van der Waals surface area contributed by atoms with E-state index in [0.29, 0.717) is 44.1 Å². The van der Waals surface area contributed by atoms with E-state index in [0.717, 1.165) is 11.1 Å². The smallest absolute Gasteiger partial charge is 0.243 e. The molecule has 0 bridgehead atoms. The van der Waals surface area contributed by atoms with Crippen molar-refractivity contribution in [2.45, 2.75) is 50.8 Å². The summed E-state index contributed by atoms with van der Waals surface area (Å²) >= 11 is 5.85. The van der Waals surface area contributed by atoms with Gasteiger partial charge in [0.25, 0.3) is 0 Å². The lowest BCUT2D eigenvalue weighted by Crippen LogP contribution is -2.42. The summed E-state index contributed by atoms with van der Waals surface area (Å²) in [6.07, 6.45) is 1.19. The SMILES string of the molecule is CC(C)OCc1ccc(CNC(=O)C2CCN(S(=O)(=O)c3ccc(Cl)cc3)CC2)cc1. The number of benzene rings is 2. The molecule has 1 N–H and O–H groups in total. The molecule has 168 valence electrons. The van der Waals surface area contributed by atoms with Crippen molar-refractivity contribution in [1.82, 2.24) is 9.62 Å². The van der Waals surface area contributed by atoms with Gasteiger partial charge in [0.05, 0.1) is 17.6 Å². The number of hydrogen-bond donors (Lipinski definition) is 1. The number of hydrogen-bond acceptors (Lipinski definition) is 4. The molecule has 0 radical (unpaired) electrons. The molecule has 0 atom stereocenters. The van der Waals surface area contributed by atoms with Crippen molar-refractivity contribution in [3.63, 3.8) is 0 Å². The topological polar surface area (TPSA) is 75.7 Å². The van der Waals surface area contributed by atoms with Crippen LogP contribution in [0.3, 0.4) is 0 Å². The van der Waals surface area contributed by atoms with E-state index in [4.69, 9.17) is 16.3 Å². The minimum Gasteiger partial charge on any atom is -0.374 e. The zero-order chi connectivity index (χ0) is 22.4. The predicted octanol–water partition coefficient (Wildman–Crippen LogP) is 3.98. The van der Waals surface area contributed by atoms with Crippen LogP contribution in [0.5, 0.6) is 0 Å². The van der Waals surface area contributed by atoms with Gasteiger partial charge in [0.15, 0.2) is 0 Å². The fourth-order valence-electron chi connectivity index (χ4n) is 3.46. The average Bonchev–Trinajstić information content (AvgIpc) is 2.77. The number of halogens is 1. The van der Waals surface area contributed by atoms with Crippen LogP contribution in [0.25, 0.3) is 0 Å². The molecule has 3 rings (SSSR count). The van der Waals surface area contributed by atoms with Gasteiger partial charge in [0.1, 0.15) is 0 Å². The minimum absolute atomic E-state index is 0.0317. The van der Waals surface area contributed by atoms with Gasteiger partial charge < -0.3 is 10.1 Å². The number of carbonyl (C=O) groups excluding carboxylic acids is 1. The third-order valence-electron chi connectivity index (χ3n) is 5.35. The van der Waals surface area contributed by atoms with Gasteiger partial charge in [-0.15, -0.1) is 0 Å². The quantitative estimate of drug-likeness (QED) is 0.641. The highest BCUT2D eigenvalue weighted by Gasteiger charge is 2.31. The van der Waals surface area contributed by atoms with E-state index in [1.807, 2.05) is 38.1 Å². The summed E-state index contributed by atoms with van der Waals surface area (Å²) < 4.78 is 32.6. The Bertz CT molecular complexity index is 968. The highest BCUT2D eigenvalue weighted by Crippen LogP contribution is 2.25. The van der Waals surface area contributed by atoms with Crippen molar-refractivity contribution in [3.05, 3.63) is 64.7 Å². The maximum atomic E-state index is 12.8. The van der Waals surface area contributed by atoms with Crippen molar-refractivity contribution >= 4 is 27.5 Å². The zero-order valence-electron chi connectivity index (χ0n) is 17.9. The molecule has 2 aromatic carbocycles. The van der Waals surface area contributed by atoms with Crippen molar-refractivity contribution in [1.29, 1.82) is 0 Å². The Balaban J connectivity index is 1.47. The Morgan fingerprint density at radius 3 is 2.23 bits per heavy atom. The van der Waals surface area contributed by atoms with Gasteiger partial charge >= 0.3 is 0 Å². The first kappa shape index (κ1) is 23.7. The molecule has 1 saturated heterocycles. The summed E-state index contributed by atoms with van der Waals surface area (Å²) in [7, 11) is -3.56. The number of rotatable bonds is 8. The Morgan fingerprint density at radius 1 is 1.06 bits per heavy atom. The Kier molecular flexibility index (Phi) is 8.11. The summed E-state index contributed by atoms with van der Waals surface area (Å²) in [4.78, 5) is 12.8. The lowest BCUT2D eigenvalue weighted by Gasteiger charge is -2.30. The van der Waals surface area contributed by atoms with E-state index >= 15 is 0 Å². The molecule has 1 heterocycles. The van der Waals surface area contributed by atoms with Crippen LogP contribution in [-0.2, 0) is 32.7 Å². The molecule has 0 spiro atoms.